The van der Waals surface area contributed by atoms with Crippen LogP contribution in [0.1, 0.15) is 30.6 Å². The second-order valence-electron chi connectivity index (χ2n) is 6.54. The van der Waals surface area contributed by atoms with Gasteiger partial charge in [-0.25, -0.2) is 4.79 Å². The van der Waals surface area contributed by atoms with Gasteiger partial charge in [0.05, 0.1) is 17.9 Å². The SMILES string of the molecule is CCOC(=O)c1ccc(N=Nc2c(N)nc(N)nc2NCCCN(CC)CCCl)cc1.Cl.O. The summed E-state index contributed by atoms with van der Waals surface area (Å²) in [5.41, 5.74) is 13.0. The number of hydrogen-bond donors (Lipinski definition) is 3. The number of esters is 1. The van der Waals surface area contributed by atoms with Crippen LogP contribution in [0.15, 0.2) is 34.5 Å². The third-order valence-electron chi connectivity index (χ3n) is 4.36. The first-order chi connectivity index (χ1) is 15.0. The van der Waals surface area contributed by atoms with Gasteiger partial charge in [0, 0.05) is 19.0 Å². The highest BCUT2D eigenvalue weighted by Crippen LogP contribution is 2.31. The Hall–Kier alpha value is -2.73. The number of nitrogen functional groups attached to an aromatic ring is 2. The second kappa shape index (κ2) is 16.0. The minimum Gasteiger partial charge on any atom is -0.462 e. The van der Waals surface area contributed by atoms with E-state index in [2.05, 4.69) is 37.3 Å². The van der Waals surface area contributed by atoms with Crippen molar-refractivity contribution in [2.24, 2.45) is 10.2 Å². The molecule has 0 spiro atoms. The Morgan fingerprint density at radius 1 is 1.15 bits per heavy atom. The Labute approximate surface area is 204 Å². The molecular weight excluding hydrogens is 471 g/mol. The number of ether oxygens (including phenoxy) is 1. The number of halogens is 2. The van der Waals surface area contributed by atoms with Crippen molar-refractivity contribution in [2.75, 3.05) is 55.5 Å². The zero-order valence-corrected chi connectivity index (χ0v) is 20.3. The van der Waals surface area contributed by atoms with Gasteiger partial charge in [-0.15, -0.1) is 29.1 Å². The molecule has 0 aliphatic rings. The number of alkyl halides is 1. The molecule has 13 heteroatoms. The maximum atomic E-state index is 11.7. The number of nitrogens with zero attached hydrogens (tertiary/aromatic N) is 5. The van der Waals surface area contributed by atoms with Crippen LogP contribution in [0, 0.1) is 0 Å². The lowest BCUT2D eigenvalue weighted by molar-refractivity contribution is 0.0526. The average molecular weight is 503 g/mol. The summed E-state index contributed by atoms with van der Waals surface area (Å²) in [7, 11) is 0. The number of hydrogen-bond acceptors (Lipinski definition) is 10. The van der Waals surface area contributed by atoms with Crippen molar-refractivity contribution < 1.29 is 15.0 Å². The number of carbonyl (C=O) groups is 1. The highest BCUT2D eigenvalue weighted by molar-refractivity contribution is 6.18. The molecule has 0 saturated heterocycles. The molecule has 0 fully saturated rings. The number of anilines is 3. The zero-order valence-electron chi connectivity index (χ0n) is 18.8. The van der Waals surface area contributed by atoms with Gasteiger partial charge in [-0.3, -0.25) is 0 Å². The third-order valence-corrected chi connectivity index (χ3v) is 4.53. The monoisotopic (exact) mass is 502 g/mol. The number of nitrogens with one attached hydrogen (secondary N) is 1. The van der Waals surface area contributed by atoms with E-state index in [0.717, 1.165) is 26.1 Å². The number of rotatable bonds is 12. The van der Waals surface area contributed by atoms with E-state index in [-0.39, 0.29) is 35.6 Å². The standard InChI is InChI=1S/C20H29ClN8O2.ClH.H2O/c1-3-29(13-10-21)12-5-11-24-18-16(17(22)25-20(23)26-18)28-27-15-8-6-14(7-9-15)19(30)31-4-2;;/h6-9H,3-5,10-13H2,1-2H3,(H5,22,23,24,25,26);1H;1H2. The van der Waals surface area contributed by atoms with E-state index in [1.165, 1.54) is 0 Å². The van der Waals surface area contributed by atoms with Crippen LogP contribution in [0.4, 0.5) is 29.0 Å². The van der Waals surface area contributed by atoms with E-state index in [4.69, 9.17) is 27.8 Å². The van der Waals surface area contributed by atoms with Crippen molar-refractivity contribution in [1.29, 1.82) is 0 Å². The lowest BCUT2D eigenvalue weighted by atomic mass is 10.2. The Balaban J connectivity index is 0.00000512. The molecule has 0 aliphatic heterocycles. The molecule has 0 atom stereocenters. The first-order valence-corrected chi connectivity index (χ1v) is 10.7. The summed E-state index contributed by atoms with van der Waals surface area (Å²) in [6.07, 6.45) is 0.875. The maximum Gasteiger partial charge on any atom is 0.338 e. The molecule has 0 amide bonds. The van der Waals surface area contributed by atoms with Crippen LogP contribution >= 0.6 is 24.0 Å². The fraction of sp³-hybridized carbons (Fsp3) is 0.450. The Kier molecular flexibility index (Phi) is 14.7. The fourth-order valence-corrected chi connectivity index (χ4v) is 2.99. The second-order valence-corrected chi connectivity index (χ2v) is 6.91. The molecule has 2 aromatic rings. The van der Waals surface area contributed by atoms with Crippen molar-refractivity contribution >= 4 is 58.9 Å². The number of carbonyl (C=O) groups excluding carboxylic acids is 1. The maximum absolute atomic E-state index is 11.7. The fourth-order valence-electron chi connectivity index (χ4n) is 2.76. The topological polar surface area (TPSA) is 176 Å². The van der Waals surface area contributed by atoms with Gasteiger partial charge >= 0.3 is 5.97 Å². The summed E-state index contributed by atoms with van der Waals surface area (Å²) in [4.78, 5) is 22.2. The van der Waals surface area contributed by atoms with Crippen LogP contribution < -0.4 is 16.8 Å². The van der Waals surface area contributed by atoms with Crippen LogP contribution in [0.5, 0.6) is 0 Å². The highest BCUT2D eigenvalue weighted by Gasteiger charge is 2.12. The van der Waals surface area contributed by atoms with Crippen LogP contribution in [0.25, 0.3) is 0 Å². The molecule has 0 saturated carbocycles. The molecular formula is C20H32Cl2N8O3. The Bertz CT molecular complexity index is 884. The lowest BCUT2D eigenvalue weighted by Gasteiger charge is -2.19. The summed E-state index contributed by atoms with van der Waals surface area (Å²) in [5.74, 6) is 0.804. The van der Waals surface area contributed by atoms with Crippen LogP contribution in [-0.4, -0.2) is 65.0 Å². The quantitative estimate of drug-likeness (QED) is 0.171. The molecule has 1 heterocycles. The van der Waals surface area contributed by atoms with Crippen molar-refractivity contribution in [2.45, 2.75) is 20.3 Å². The Morgan fingerprint density at radius 3 is 2.45 bits per heavy atom. The zero-order chi connectivity index (χ0) is 22.6. The van der Waals surface area contributed by atoms with Crippen molar-refractivity contribution in [3.8, 4) is 0 Å². The van der Waals surface area contributed by atoms with Gasteiger partial charge in [0.15, 0.2) is 17.3 Å². The van der Waals surface area contributed by atoms with E-state index in [0.29, 0.717) is 41.8 Å². The van der Waals surface area contributed by atoms with Crippen LogP contribution in [0.3, 0.4) is 0 Å². The first-order valence-electron chi connectivity index (χ1n) is 10.1. The highest BCUT2D eigenvalue weighted by atomic mass is 35.5. The average Bonchev–Trinajstić information content (AvgIpc) is 2.75. The van der Waals surface area contributed by atoms with Gasteiger partial charge in [-0.05, 0) is 50.7 Å². The van der Waals surface area contributed by atoms with Crippen molar-refractivity contribution in [3.05, 3.63) is 29.8 Å². The number of azo groups is 1. The molecule has 1 aromatic carbocycles. The minimum atomic E-state index is -0.388. The van der Waals surface area contributed by atoms with Gasteiger partial charge in [0.1, 0.15) is 0 Å². The van der Waals surface area contributed by atoms with E-state index >= 15 is 0 Å². The van der Waals surface area contributed by atoms with Gasteiger partial charge in [-0.1, -0.05) is 6.92 Å². The molecule has 2 rings (SSSR count). The van der Waals surface area contributed by atoms with Crippen molar-refractivity contribution in [3.63, 3.8) is 0 Å². The molecule has 7 N–H and O–H groups in total. The van der Waals surface area contributed by atoms with Gasteiger partial charge in [0.2, 0.25) is 5.95 Å². The molecule has 0 bridgehead atoms. The van der Waals surface area contributed by atoms with Crippen LogP contribution in [-0.2, 0) is 4.74 Å². The summed E-state index contributed by atoms with van der Waals surface area (Å²) in [6.45, 7) is 7.50. The van der Waals surface area contributed by atoms with Gasteiger partial charge in [0.25, 0.3) is 0 Å². The Morgan fingerprint density at radius 2 is 1.85 bits per heavy atom. The summed E-state index contributed by atoms with van der Waals surface area (Å²) in [6, 6.07) is 6.56. The molecule has 184 valence electrons. The molecule has 0 aliphatic carbocycles. The van der Waals surface area contributed by atoms with E-state index < -0.39 is 0 Å². The van der Waals surface area contributed by atoms with Gasteiger partial charge < -0.3 is 31.9 Å². The van der Waals surface area contributed by atoms with Crippen LogP contribution in [0.2, 0.25) is 0 Å². The molecule has 0 unspecified atom stereocenters. The predicted molar refractivity (Wildman–Crippen MR) is 134 cm³/mol. The van der Waals surface area contributed by atoms with E-state index in [1.807, 2.05) is 0 Å². The largest absolute Gasteiger partial charge is 0.462 e. The molecule has 33 heavy (non-hydrogen) atoms. The smallest absolute Gasteiger partial charge is 0.338 e. The molecule has 0 radical (unpaired) electrons. The molecule has 1 aromatic heterocycles. The summed E-state index contributed by atoms with van der Waals surface area (Å²) in [5, 5.41) is 11.6. The van der Waals surface area contributed by atoms with E-state index in [9.17, 15) is 4.79 Å². The van der Waals surface area contributed by atoms with Gasteiger partial charge in [-0.2, -0.15) is 15.1 Å². The first kappa shape index (κ1) is 30.3. The third kappa shape index (κ3) is 9.74. The number of aromatic nitrogens is 2. The summed E-state index contributed by atoms with van der Waals surface area (Å²) < 4.78 is 4.97. The van der Waals surface area contributed by atoms with E-state index in [1.54, 1.807) is 31.2 Å². The predicted octanol–water partition coefficient (Wildman–Crippen LogP) is 3.19. The summed E-state index contributed by atoms with van der Waals surface area (Å²) >= 11 is 5.82. The lowest BCUT2D eigenvalue weighted by Crippen LogP contribution is -2.27. The normalized spacial score (nSPS) is 10.5. The van der Waals surface area contributed by atoms with Crippen molar-refractivity contribution in [1.82, 2.24) is 14.9 Å². The number of benzene rings is 1. The molecule has 11 nitrogen and oxygen atoms in total. The minimum absolute atomic E-state index is 0. The number of nitrogens with two attached hydrogens (primary N) is 2.